The lowest BCUT2D eigenvalue weighted by Gasteiger charge is -2.08. The molecule has 0 bridgehead atoms. The molecule has 0 atom stereocenters. The molecule has 76 valence electrons. The van der Waals surface area contributed by atoms with Crippen molar-refractivity contribution in [3.63, 3.8) is 0 Å². The zero-order chi connectivity index (χ0) is 10.6. The van der Waals surface area contributed by atoms with Gasteiger partial charge in [-0.05, 0) is 36.5 Å². The molecule has 0 aliphatic carbocycles. The normalized spacial score (nSPS) is 10.2. The van der Waals surface area contributed by atoms with Gasteiger partial charge in [0.1, 0.15) is 0 Å². The first kappa shape index (κ1) is 11.0. The van der Waals surface area contributed by atoms with Gasteiger partial charge in [-0.2, -0.15) is 0 Å². The van der Waals surface area contributed by atoms with Crippen molar-refractivity contribution in [2.75, 3.05) is 0 Å². The monoisotopic (exact) mass is 189 g/mol. The largest absolute Gasteiger partial charge is 0.326 e. The molecule has 0 spiro atoms. The van der Waals surface area contributed by atoms with Crippen LogP contribution in [0.15, 0.2) is 30.4 Å². The lowest BCUT2D eigenvalue weighted by molar-refractivity contribution is 0.994. The smallest absolute Gasteiger partial charge is 0.0178 e. The molecule has 0 fully saturated rings. The fourth-order valence-corrected chi connectivity index (χ4v) is 1.48. The SMILES string of the molecule is C=C(CC)Cc1ccc(CN)cc1C. The molecule has 1 aromatic carbocycles. The van der Waals surface area contributed by atoms with Crippen LogP contribution in [0.1, 0.15) is 30.0 Å². The Balaban J connectivity index is 2.83. The van der Waals surface area contributed by atoms with Crippen LogP contribution in [-0.2, 0) is 13.0 Å². The van der Waals surface area contributed by atoms with E-state index in [2.05, 4.69) is 38.6 Å². The third-order valence-corrected chi connectivity index (χ3v) is 2.58. The van der Waals surface area contributed by atoms with Crippen molar-refractivity contribution in [2.45, 2.75) is 33.2 Å². The second-order valence-corrected chi connectivity index (χ2v) is 3.75. The maximum Gasteiger partial charge on any atom is 0.0178 e. The number of rotatable bonds is 4. The number of benzene rings is 1. The summed E-state index contributed by atoms with van der Waals surface area (Å²) in [6.07, 6.45) is 2.05. The Bertz CT molecular complexity index is 326. The molecule has 1 rings (SSSR count). The zero-order valence-corrected chi connectivity index (χ0v) is 9.14. The van der Waals surface area contributed by atoms with Crippen molar-refractivity contribution in [3.05, 3.63) is 47.0 Å². The van der Waals surface area contributed by atoms with E-state index in [0.29, 0.717) is 6.54 Å². The molecule has 1 aromatic rings. The van der Waals surface area contributed by atoms with Crippen LogP contribution >= 0.6 is 0 Å². The second-order valence-electron chi connectivity index (χ2n) is 3.75. The summed E-state index contributed by atoms with van der Waals surface area (Å²) >= 11 is 0. The minimum atomic E-state index is 0.621. The molecule has 2 N–H and O–H groups in total. The first-order valence-electron chi connectivity index (χ1n) is 5.12. The van der Waals surface area contributed by atoms with Crippen molar-refractivity contribution in [2.24, 2.45) is 5.73 Å². The number of allylic oxidation sites excluding steroid dienone is 1. The Morgan fingerprint density at radius 2 is 2.14 bits per heavy atom. The van der Waals surface area contributed by atoms with E-state index in [1.807, 2.05) is 0 Å². The van der Waals surface area contributed by atoms with E-state index >= 15 is 0 Å². The van der Waals surface area contributed by atoms with E-state index in [1.165, 1.54) is 22.3 Å². The summed E-state index contributed by atoms with van der Waals surface area (Å²) in [6, 6.07) is 6.43. The molecule has 0 heterocycles. The molecular formula is C13H19N. The number of nitrogens with two attached hydrogens (primary N) is 1. The van der Waals surface area contributed by atoms with Crippen LogP contribution in [-0.4, -0.2) is 0 Å². The van der Waals surface area contributed by atoms with E-state index in [1.54, 1.807) is 0 Å². The quantitative estimate of drug-likeness (QED) is 0.724. The van der Waals surface area contributed by atoms with Crippen LogP contribution in [0, 0.1) is 6.92 Å². The predicted octanol–water partition coefficient (Wildman–Crippen LogP) is 2.96. The standard InChI is InChI=1S/C13H19N/c1-4-10(2)7-13-6-5-12(9-14)8-11(13)3/h5-6,8H,2,4,7,9,14H2,1,3H3. The van der Waals surface area contributed by atoms with Gasteiger partial charge in [-0.25, -0.2) is 0 Å². The van der Waals surface area contributed by atoms with Gasteiger partial charge in [0.2, 0.25) is 0 Å². The van der Waals surface area contributed by atoms with Gasteiger partial charge in [0.15, 0.2) is 0 Å². The maximum atomic E-state index is 5.58. The average Bonchev–Trinajstić information content (AvgIpc) is 2.20. The average molecular weight is 189 g/mol. The minimum Gasteiger partial charge on any atom is -0.326 e. The second kappa shape index (κ2) is 4.97. The van der Waals surface area contributed by atoms with Crippen LogP contribution in [0.2, 0.25) is 0 Å². The van der Waals surface area contributed by atoms with E-state index < -0.39 is 0 Å². The van der Waals surface area contributed by atoms with Gasteiger partial charge in [-0.1, -0.05) is 37.3 Å². The Hall–Kier alpha value is -1.08. The van der Waals surface area contributed by atoms with Gasteiger partial charge < -0.3 is 5.73 Å². The highest BCUT2D eigenvalue weighted by molar-refractivity contribution is 5.33. The van der Waals surface area contributed by atoms with Crippen molar-refractivity contribution in [1.29, 1.82) is 0 Å². The summed E-state index contributed by atoms with van der Waals surface area (Å²) in [5, 5.41) is 0. The first-order chi connectivity index (χ1) is 6.67. The van der Waals surface area contributed by atoms with E-state index in [0.717, 1.165) is 12.8 Å². The van der Waals surface area contributed by atoms with Gasteiger partial charge in [0, 0.05) is 6.54 Å². The molecule has 0 aliphatic rings. The molecule has 14 heavy (non-hydrogen) atoms. The number of hydrogen-bond acceptors (Lipinski definition) is 1. The van der Waals surface area contributed by atoms with Gasteiger partial charge in [0.05, 0.1) is 0 Å². The van der Waals surface area contributed by atoms with Crippen LogP contribution in [0.4, 0.5) is 0 Å². The zero-order valence-electron chi connectivity index (χ0n) is 9.14. The summed E-state index contributed by atoms with van der Waals surface area (Å²) in [6.45, 7) is 8.93. The van der Waals surface area contributed by atoms with Crippen molar-refractivity contribution >= 4 is 0 Å². The fourth-order valence-electron chi connectivity index (χ4n) is 1.48. The summed E-state index contributed by atoms with van der Waals surface area (Å²) in [5.41, 5.74) is 10.8. The molecule has 0 aromatic heterocycles. The van der Waals surface area contributed by atoms with Crippen molar-refractivity contribution < 1.29 is 0 Å². The Kier molecular flexibility index (Phi) is 3.90. The molecule has 1 heteroatoms. The summed E-state index contributed by atoms with van der Waals surface area (Å²) in [4.78, 5) is 0. The van der Waals surface area contributed by atoms with E-state index in [9.17, 15) is 0 Å². The van der Waals surface area contributed by atoms with Crippen molar-refractivity contribution in [3.8, 4) is 0 Å². The highest BCUT2D eigenvalue weighted by Gasteiger charge is 2.00. The minimum absolute atomic E-state index is 0.621. The van der Waals surface area contributed by atoms with E-state index in [-0.39, 0.29) is 0 Å². The van der Waals surface area contributed by atoms with Crippen molar-refractivity contribution in [1.82, 2.24) is 0 Å². The summed E-state index contributed by atoms with van der Waals surface area (Å²) in [7, 11) is 0. The molecule has 0 radical (unpaired) electrons. The molecule has 0 unspecified atom stereocenters. The number of aryl methyl sites for hydroxylation is 1. The summed E-state index contributed by atoms with van der Waals surface area (Å²) in [5.74, 6) is 0. The molecular weight excluding hydrogens is 170 g/mol. The van der Waals surface area contributed by atoms with E-state index in [4.69, 9.17) is 5.73 Å². The van der Waals surface area contributed by atoms with Crippen LogP contribution in [0.25, 0.3) is 0 Å². The Morgan fingerprint density at radius 3 is 2.64 bits per heavy atom. The van der Waals surface area contributed by atoms with Gasteiger partial charge in [0.25, 0.3) is 0 Å². The third kappa shape index (κ3) is 2.71. The lowest BCUT2D eigenvalue weighted by Crippen LogP contribution is -1.99. The Labute approximate surface area is 86.6 Å². The molecule has 0 saturated carbocycles. The van der Waals surface area contributed by atoms with Gasteiger partial charge in [-0.3, -0.25) is 0 Å². The molecule has 0 amide bonds. The lowest BCUT2D eigenvalue weighted by atomic mass is 9.98. The fraction of sp³-hybridized carbons (Fsp3) is 0.385. The third-order valence-electron chi connectivity index (χ3n) is 2.58. The topological polar surface area (TPSA) is 26.0 Å². The predicted molar refractivity (Wildman–Crippen MR) is 62.2 cm³/mol. The van der Waals surface area contributed by atoms with Crippen LogP contribution < -0.4 is 5.73 Å². The molecule has 0 saturated heterocycles. The Morgan fingerprint density at radius 1 is 1.43 bits per heavy atom. The van der Waals surface area contributed by atoms with Crippen LogP contribution in [0.3, 0.4) is 0 Å². The van der Waals surface area contributed by atoms with Gasteiger partial charge >= 0.3 is 0 Å². The highest BCUT2D eigenvalue weighted by Crippen LogP contribution is 2.15. The summed E-state index contributed by atoms with van der Waals surface area (Å²) < 4.78 is 0. The van der Waals surface area contributed by atoms with Crippen LogP contribution in [0.5, 0.6) is 0 Å². The first-order valence-corrected chi connectivity index (χ1v) is 5.12. The number of hydrogen-bond donors (Lipinski definition) is 1. The molecule has 1 nitrogen and oxygen atoms in total. The highest BCUT2D eigenvalue weighted by atomic mass is 14.5. The van der Waals surface area contributed by atoms with Gasteiger partial charge in [-0.15, -0.1) is 0 Å². The molecule has 0 aliphatic heterocycles. The maximum absolute atomic E-state index is 5.58.